The van der Waals surface area contributed by atoms with Gasteiger partial charge in [0.25, 0.3) is 0 Å². The molecule has 0 unspecified atom stereocenters. The summed E-state index contributed by atoms with van der Waals surface area (Å²) in [6, 6.07) is 5.34. The van der Waals surface area contributed by atoms with Gasteiger partial charge in [0, 0.05) is 30.1 Å². The van der Waals surface area contributed by atoms with Crippen LogP contribution in [-0.2, 0) is 11.3 Å². The molecule has 0 saturated heterocycles. The molecule has 0 saturated carbocycles. The number of benzene rings is 1. The Labute approximate surface area is 106 Å². The van der Waals surface area contributed by atoms with Crippen LogP contribution in [0.15, 0.2) is 18.2 Å². The summed E-state index contributed by atoms with van der Waals surface area (Å²) in [5, 5.41) is 6.37. The Balaban J connectivity index is 2.56. The number of nitrogens with one attached hydrogen (secondary N) is 2. The standard InChI is InChI=1S/C12H17ClN2O2/c1-14-6-5-12(16)15-8-9-7-10(13)3-4-11(9)17-2/h3-4,7,14H,5-6,8H2,1-2H3,(H,15,16). The van der Waals surface area contributed by atoms with E-state index in [-0.39, 0.29) is 5.91 Å². The van der Waals surface area contributed by atoms with E-state index < -0.39 is 0 Å². The SMILES string of the molecule is CNCCC(=O)NCc1cc(Cl)ccc1OC. The van der Waals surface area contributed by atoms with E-state index in [0.29, 0.717) is 24.5 Å². The molecule has 0 atom stereocenters. The first-order chi connectivity index (χ1) is 8.17. The van der Waals surface area contributed by atoms with E-state index in [1.165, 1.54) is 0 Å². The fraction of sp³-hybridized carbons (Fsp3) is 0.417. The maximum absolute atomic E-state index is 11.4. The molecule has 0 spiro atoms. The smallest absolute Gasteiger partial charge is 0.221 e. The van der Waals surface area contributed by atoms with Gasteiger partial charge in [0.2, 0.25) is 5.91 Å². The molecule has 4 nitrogen and oxygen atoms in total. The van der Waals surface area contributed by atoms with Crippen LogP contribution in [0, 0.1) is 0 Å². The molecule has 1 rings (SSSR count). The lowest BCUT2D eigenvalue weighted by atomic mass is 10.2. The molecule has 0 aromatic heterocycles. The molecule has 0 aliphatic heterocycles. The van der Waals surface area contributed by atoms with Crippen LogP contribution in [0.5, 0.6) is 5.75 Å². The summed E-state index contributed by atoms with van der Waals surface area (Å²) >= 11 is 5.89. The molecule has 0 radical (unpaired) electrons. The molecule has 1 aromatic rings. The molecule has 0 heterocycles. The van der Waals surface area contributed by atoms with Gasteiger partial charge in [-0.1, -0.05) is 11.6 Å². The molecule has 0 aliphatic rings. The maximum atomic E-state index is 11.4. The fourth-order valence-electron chi connectivity index (χ4n) is 1.41. The summed E-state index contributed by atoms with van der Waals surface area (Å²) in [6.07, 6.45) is 0.458. The van der Waals surface area contributed by atoms with Crippen molar-refractivity contribution >= 4 is 17.5 Å². The highest BCUT2D eigenvalue weighted by Crippen LogP contribution is 2.22. The molecule has 1 aromatic carbocycles. The van der Waals surface area contributed by atoms with E-state index in [9.17, 15) is 4.79 Å². The van der Waals surface area contributed by atoms with Gasteiger partial charge < -0.3 is 15.4 Å². The maximum Gasteiger partial charge on any atom is 0.221 e. The summed E-state index contributed by atoms with van der Waals surface area (Å²) < 4.78 is 5.19. The molecule has 5 heteroatoms. The number of carbonyl (C=O) groups is 1. The topological polar surface area (TPSA) is 50.4 Å². The molecule has 1 amide bonds. The van der Waals surface area contributed by atoms with Gasteiger partial charge in [-0.2, -0.15) is 0 Å². The van der Waals surface area contributed by atoms with Crippen LogP contribution in [0.3, 0.4) is 0 Å². The number of hydrogen-bond donors (Lipinski definition) is 2. The van der Waals surface area contributed by atoms with Crippen LogP contribution in [0.4, 0.5) is 0 Å². The van der Waals surface area contributed by atoms with Crippen LogP contribution in [0.25, 0.3) is 0 Å². The average molecular weight is 257 g/mol. The minimum atomic E-state index is 0.00128. The minimum Gasteiger partial charge on any atom is -0.496 e. The summed E-state index contributed by atoms with van der Waals surface area (Å²) in [6.45, 7) is 1.09. The van der Waals surface area contributed by atoms with Crippen LogP contribution in [0.2, 0.25) is 5.02 Å². The predicted octanol–water partition coefficient (Wildman–Crippen LogP) is 1.57. The fourth-order valence-corrected chi connectivity index (χ4v) is 1.60. The van der Waals surface area contributed by atoms with Crippen molar-refractivity contribution < 1.29 is 9.53 Å². The van der Waals surface area contributed by atoms with E-state index in [4.69, 9.17) is 16.3 Å². The first-order valence-corrected chi connectivity index (χ1v) is 5.79. The Bertz CT molecular complexity index is 383. The number of ether oxygens (including phenoxy) is 1. The van der Waals surface area contributed by atoms with Crippen molar-refractivity contribution in [3.8, 4) is 5.75 Å². The predicted molar refractivity (Wildman–Crippen MR) is 68.4 cm³/mol. The van der Waals surface area contributed by atoms with Crippen LogP contribution >= 0.6 is 11.6 Å². The molecule has 0 bridgehead atoms. The molecular weight excluding hydrogens is 240 g/mol. The highest BCUT2D eigenvalue weighted by Gasteiger charge is 2.06. The van der Waals surface area contributed by atoms with Crippen molar-refractivity contribution in [2.24, 2.45) is 0 Å². The zero-order valence-electron chi connectivity index (χ0n) is 10.0. The second-order valence-electron chi connectivity index (χ2n) is 3.59. The van der Waals surface area contributed by atoms with E-state index in [0.717, 1.165) is 11.3 Å². The summed E-state index contributed by atoms with van der Waals surface area (Å²) in [5.41, 5.74) is 0.873. The highest BCUT2D eigenvalue weighted by atomic mass is 35.5. The lowest BCUT2D eigenvalue weighted by molar-refractivity contribution is -0.121. The number of rotatable bonds is 6. The van der Waals surface area contributed by atoms with Gasteiger partial charge in [-0.05, 0) is 25.2 Å². The third kappa shape index (κ3) is 4.63. The average Bonchev–Trinajstić information content (AvgIpc) is 2.34. The Morgan fingerprint density at radius 3 is 2.88 bits per heavy atom. The number of halogens is 1. The molecule has 17 heavy (non-hydrogen) atoms. The van der Waals surface area contributed by atoms with E-state index >= 15 is 0 Å². The van der Waals surface area contributed by atoms with Crippen LogP contribution in [0.1, 0.15) is 12.0 Å². The van der Waals surface area contributed by atoms with Crippen molar-refractivity contribution in [3.63, 3.8) is 0 Å². The Hall–Kier alpha value is -1.26. The molecular formula is C12H17ClN2O2. The second-order valence-corrected chi connectivity index (χ2v) is 4.02. The van der Waals surface area contributed by atoms with Crippen LogP contribution < -0.4 is 15.4 Å². The molecule has 0 aliphatic carbocycles. The normalized spacial score (nSPS) is 10.1. The highest BCUT2D eigenvalue weighted by molar-refractivity contribution is 6.30. The quantitative estimate of drug-likeness (QED) is 0.813. The first kappa shape index (κ1) is 13.8. The second kappa shape index (κ2) is 7.14. The largest absolute Gasteiger partial charge is 0.496 e. The van der Waals surface area contributed by atoms with Gasteiger partial charge in [0.15, 0.2) is 0 Å². The van der Waals surface area contributed by atoms with Gasteiger partial charge in [-0.15, -0.1) is 0 Å². The monoisotopic (exact) mass is 256 g/mol. The van der Waals surface area contributed by atoms with Crippen molar-refractivity contribution in [2.75, 3.05) is 20.7 Å². The molecule has 94 valence electrons. The summed E-state index contributed by atoms with van der Waals surface area (Å²) in [5.74, 6) is 0.727. The van der Waals surface area contributed by atoms with Gasteiger partial charge in [-0.25, -0.2) is 0 Å². The summed E-state index contributed by atoms with van der Waals surface area (Å²) in [7, 11) is 3.41. The third-order valence-corrected chi connectivity index (χ3v) is 2.56. The molecule has 0 fully saturated rings. The first-order valence-electron chi connectivity index (χ1n) is 5.41. The number of hydrogen-bond acceptors (Lipinski definition) is 3. The lowest BCUT2D eigenvalue weighted by Gasteiger charge is -2.10. The van der Waals surface area contributed by atoms with Crippen molar-refractivity contribution in [1.82, 2.24) is 10.6 Å². The van der Waals surface area contributed by atoms with Crippen molar-refractivity contribution in [2.45, 2.75) is 13.0 Å². The zero-order chi connectivity index (χ0) is 12.7. The number of methoxy groups -OCH3 is 1. The minimum absolute atomic E-state index is 0.00128. The van der Waals surface area contributed by atoms with Gasteiger partial charge in [0.05, 0.1) is 7.11 Å². The van der Waals surface area contributed by atoms with Crippen molar-refractivity contribution in [1.29, 1.82) is 0 Å². The van der Waals surface area contributed by atoms with Gasteiger partial charge in [-0.3, -0.25) is 4.79 Å². The van der Waals surface area contributed by atoms with E-state index in [1.54, 1.807) is 25.3 Å². The number of carbonyl (C=O) groups excluding carboxylic acids is 1. The Kier molecular flexibility index (Phi) is 5.80. The van der Waals surface area contributed by atoms with E-state index in [2.05, 4.69) is 10.6 Å². The van der Waals surface area contributed by atoms with E-state index in [1.807, 2.05) is 7.05 Å². The summed E-state index contributed by atoms with van der Waals surface area (Å²) in [4.78, 5) is 11.4. The number of amides is 1. The Morgan fingerprint density at radius 1 is 1.47 bits per heavy atom. The third-order valence-electron chi connectivity index (χ3n) is 2.32. The zero-order valence-corrected chi connectivity index (χ0v) is 10.8. The van der Waals surface area contributed by atoms with Crippen molar-refractivity contribution in [3.05, 3.63) is 28.8 Å². The van der Waals surface area contributed by atoms with Gasteiger partial charge >= 0.3 is 0 Å². The van der Waals surface area contributed by atoms with Gasteiger partial charge in [0.1, 0.15) is 5.75 Å². The lowest BCUT2D eigenvalue weighted by Crippen LogP contribution is -2.26. The Morgan fingerprint density at radius 2 is 2.24 bits per heavy atom. The van der Waals surface area contributed by atoms with Crippen LogP contribution in [-0.4, -0.2) is 26.6 Å². The molecule has 2 N–H and O–H groups in total.